The van der Waals surface area contributed by atoms with Crippen LogP contribution in [0.25, 0.3) is 0 Å². The lowest BCUT2D eigenvalue weighted by Crippen LogP contribution is -2.50. The normalized spacial score (nSPS) is 29.6. The molecule has 0 radical (unpaired) electrons. The molecule has 1 aromatic rings. The molecular weight excluding hydrogens is 421 g/mol. The van der Waals surface area contributed by atoms with Crippen LogP contribution >= 0.6 is 0 Å². The number of hydrogen-bond acceptors (Lipinski definition) is 5. The fourth-order valence-electron chi connectivity index (χ4n) is 5.36. The van der Waals surface area contributed by atoms with Gasteiger partial charge in [-0.25, -0.2) is 12.8 Å². The highest BCUT2D eigenvalue weighted by Gasteiger charge is 2.50. The molecule has 2 heterocycles. The molecule has 4 rings (SSSR count). The molecule has 172 valence electrons. The van der Waals surface area contributed by atoms with Gasteiger partial charge in [-0.05, 0) is 64.0 Å². The molecule has 9 heteroatoms. The number of sulfonamides is 1. The predicted molar refractivity (Wildman–Crippen MR) is 118 cm³/mol. The summed E-state index contributed by atoms with van der Waals surface area (Å²) in [7, 11) is -3.47. The lowest BCUT2D eigenvalue weighted by atomic mass is 9.78. The molecule has 1 saturated carbocycles. The van der Waals surface area contributed by atoms with Crippen LogP contribution in [0, 0.1) is 11.2 Å². The molecule has 2 N–H and O–H groups in total. The third-order valence-corrected chi connectivity index (χ3v) is 8.48. The van der Waals surface area contributed by atoms with E-state index in [0.717, 1.165) is 51.5 Å². The Hall–Kier alpha value is -1.87. The summed E-state index contributed by atoms with van der Waals surface area (Å²) in [5.74, 6) is -0.396. The van der Waals surface area contributed by atoms with Gasteiger partial charge in [0, 0.05) is 31.7 Å². The molecule has 1 spiro atoms. The molecule has 3 fully saturated rings. The second kappa shape index (κ2) is 8.58. The summed E-state index contributed by atoms with van der Waals surface area (Å²) in [5, 5.41) is 9.78. The summed E-state index contributed by atoms with van der Waals surface area (Å²) >= 11 is 0. The zero-order valence-corrected chi connectivity index (χ0v) is 18.8. The van der Waals surface area contributed by atoms with E-state index < -0.39 is 21.3 Å². The van der Waals surface area contributed by atoms with Crippen molar-refractivity contribution in [1.82, 2.24) is 4.90 Å². The van der Waals surface area contributed by atoms with Crippen molar-refractivity contribution in [2.75, 3.05) is 35.0 Å². The molecule has 1 amide bonds. The smallest absolute Gasteiger partial charge is 0.232 e. The highest BCUT2D eigenvalue weighted by molar-refractivity contribution is 7.92. The standard InChI is InChI=1S/C22H32FN3O4S/c1-2-31(29,30)24-16-4-9-20(19(23)14-16)25-12-3-10-22(15-25)11-13-26(21(22)28)17-5-7-18(27)8-6-17/h4,9,14,17-18,24,27H,2-3,5-8,10-13,15H2,1H3. The fraction of sp³-hybridized carbons (Fsp3) is 0.682. The number of piperidine rings is 1. The van der Waals surface area contributed by atoms with E-state index in [0.29, 0.717) is 18.8 Å². The number of benzene rings is 1. The average molecular weight is 454 g/mol. The van der Waals surface area contributed by atoms with E-state index in [1.54, 1.807) is 12.1 Å². The second-order valence-corrected chi connectivity index (χ2v) is 11.2. The van der Waals surface area contributed by atoms with Crippen LogP contribution in [0.5, 0.6) is 0 Å². The highest BCUT2D eigenvalue weighted by atomic mass is 32.2. The molecule has 2 saturated heterocycles. The van der Waals surface area contributed by atoms with Crippen molar-refractivity contribution in [3.8, 4) is 0 Å². The van der Waals surface area contributed by atoms with Gasteiger partial charge >= 0.3 is 0 Å². The Balaban J connectivity index is 1.48. The molecule has 1 aromatic carbocycles. The van der Waals surface area contributed by atoms with Crippen molar-refractivity contribution in [3.63, 3.8) is 0 Å². The number of rotatable bonds is 5. The zero-order valence-electron chi connectivity index (χ0n) is 18.0. The first-order chi connectivity index (χ1) is 14.7. The van der Waals surface area contributed by atoms with E-state index in [2.05, 4.69) is 4.72 Å². The second-order valence-electron chi connectivity index (χ2n) is 9.19. The minimum atomic E-state index is -3.47. The average Bonchev–Trinajstić information content (AvgIpc) is 3.04. The molecule has 0 aromatic heterocycles. The van der Waals surface area contributed by atoms with E-state index >= 15 is 0 Å². The maximum atomic E-state index is 14.9. The van der Waals surface area contributed by atoms with Crippen molar-refractivity contribution < 1.29 is 22.7 Å². The van der Waals surface area contributed by atoms with Gasteiger partial charge in [0.1, 0.15) is 5.82 Å². The Morgan fingerprint density at radius 3 is 2.61 bits per heavy atom. The topological polar surface area (TPSA) is 90.0 Å². The number of carbonyl (C=O) groups excluding carboxylic acids is 1. The molecule has 3 aliphatic rings. The minimum Gasteiger partial charge on any atom is -0.393 e. The van der Waals surface area contributed by atoms with Crippen LogP contribution in [0.4, 0.5) is 15.8 Å². The lowest BCUT2D eigenvalue weighted by molar-refractivity contribution is -0.139. The van der Waals surface area contributed by atoms with Crippen molar-refractivity contribution in [3.05, 3.63) is 24.0 Å². The number of aliphatic hydroxyl groups is 1. The Kier molecular flexibility index (Phi) is 6.18. The predicted octanol–water partition coefficient (Wildman–Crippen LogP) is 2.71. The zero-order chi connectivity index (χ0) is 22.2. The van der Waals surface area contributed by atoms with Crippen molar-refractivity contribution in [2.24, 2.45) is 5.41 Å². The summed E-state index contributed by atoms with van der Waals surface area (Å²) in [6.07, 6.45) is 5.32. The fourth-order valence-corrected chi connectivity index (χ4v) is 5.99. The number of halogens is 1. The summed E-state index contributed by atoms with van der Waals surface area (Å²) < 4.78 is 40.8. The highest BCUT2D eigenvalue weighted by Crippen LogP contribution is 2.44. The number of carbonyl (C=O) groups is 1. The van der Waals surface area contributed by atoms with E-state index in [1.807, 2.05) is 9.80 Å². The summed E-state index contributed by atoms with van der Waals surface area (Å²) in [4.78, 5) is 17.4. The number of likely N-dealkylation sites (tertiary alicyclic amines) is 1. The first kappa shape index (κ1) is 22.3. The SMILES string of the molecule is CCS(=O)(=O)Nc1ccc(N2CCCC3(CCN(C4CCC(O)CC4)C3=O)C2)c(F)c1. The summed E-state index contributed by atoms with van der Waals surface area (Å²) in [6.45, 7) is 3.40. The van der Waals surface area contributed by atoms with Crippen LogP contribution in [-0.2, 0) is 14.8 Å². The maximum absolute atomic E-state index is 14.9. The maximum Gasteiger partial charge on any atom is 0.232 e. The van der Waals surface area contributed by atoms with Crippen LogP contribution in [-0.4, -0.2) is 61.9 Å². The molecular formula is C22H32FN3O4S. The van der Waals surface area contributed by atoms with E-state index in [4.69, 9.17) is 0 Å². The van der Waals surface area contributed by atoms with Crippen LogP contribution in [0.3, 0.4) is 0 Å². The molecule has 7 nitrogen and oxygen atoms in total. The quantitative estimate of drug-likeness (QED) is 0.716. The van der Waals surface area contributed by atoms with Gasteiger partial charge in [-0.2, -0.15) is 0 Å². The molecule has 2 aliphatic heterocycles. The van der Waals surface area contributed by atoms with Gasteiger partial charge < -0.3 is 14.9 Å². The van der Waals surface area contributed by atoms with Crippen LogP contribution < -0.4 is 9.62 Å². The Morgan fingerprint density at radius 2 is 1.94 bits per heavy atom. The van der Waals surface area contributed by atoms with Gasteiger partial charge in [-0.3, -0.25) is 9.52 Å². The molecule has 0 bridgehead atoms. The number of nitrogens with one attached hydrogen (secondary N) is 1. The van der Waals surface area contributed by atoms with Crippen LogP contribution in [0.1, 0.15) is 51.9 Å². The monoisotopic (exact) mass is 453 g/mol. The Morgan fingerprint density at radius 1 is 1.19 bits per heavy atom. The van der Waals surface area contributed by atoms with E-state index in [-0.39, 0.29) is 29.5 Å². The van der Waals surface area contributed by atoms with E-state index in [9.17, 15) is 22.7 Å². The number of nitrogens with zero attached hydrogens (tertiary/aromatic N) is 2. The van der Waals surface area contributed by atoms with Crippen LogP contribution in [0.2, 0.25) is 0 Å². The molecule has 31 heavy (non-hydrogen) atoms. The Labute approximate surface area is 183 Å². The summed E-state index contributed by atoms with van der Waals surface area (Å²) in [6, 6.07) is 4.58. The first-order valence-electron chi connectivity index (χ1n) is 11.3. The Bertz CT molecular complexity index is 933. The van der Waals surface area contributed by atoms with Gasteiger partial charge in [0.05, 0.1) is 28.6 Å². The van der Waals surface area contributed by atoms with Crippen LogP contribution in [0.15, 0.2) is 18.2 Å². The lowest BCUT2D eigenvalue weighted by Gasteiger charge is -2.41. The molecule has 1 atom stereocenters. The van der Waals surface area contributed by atoms with Gasteiger partial charge in [-0.15, -0.1) is 0 Å². The number of hydrogen-bond donors (Lipinski definition) is 2. The van der Waals surface area contributed by atoms with Crippen molar-refractivity contribution in [2.45, 2.75) is 64.0 Å². The number of amides is 1. The van der Waals surface area contributed by atoms with Gasteiger partial charge in [0.2, 0.25) is 15.9 Å². The first-order valence-corrected chi connectivity index (χ1v) is 12.9. The van der Waals surface area contributed by atoms with Gasteiger partial charge in [0.15, 0.2) is 0 Å². The van der Waals surface area contributed by atoms with Crippen molar-refractivity contribution >= 4 is 27.3 Å². The minimum absolute atomic E-state index is 0.0798. The molecule has 1 aliphatic carbocycles. The third kappa shape index (κ3) is 4.53. The van der Waals surface area contributed by atoms with E-state index in [1.165, 1.54) is 13.0 Å². The largest absolute Gasteiger partial charge is 0.393 e. The number of anilines is 2. The van der Waals surface area contributed by atoms with Crippen molar-refractivity contribution in [1.29, 1.82) is 0 Å². The number of aliphatic hydroxyl groups excluding tert-OH is 1. The van der Waals surface area contributed by atoms with Gasteiger partial charge in [0.25, 0.3) is 0 Å². The molecule has 1 unspecified atom stereocenters. The summed E-state index contributed by atoms with van der Waals surface area (Å²) in [5.41, 5.74) is 0.131. The van der Waals surface area contributed by atoms with Gasteiger partial charge in [-0.1, -0.05) is 0 Å². The third-order valence-electron chi connectivity index (χ3n) is 7.17.